The number of nitrogens with zero attached hydrogens (tertiary/aromatic N) is 1. The normalized spacial score (nSPS) is 10.6. The number of unbranched alkanes of at least 4 members (excludes halogenated alkanes) is 2. The highest BCUT2D eigenvalue weighted by Crippen LogP contribution is 2.16. The topological polar surface area (TPSA) is 24.9 Å². The largest absolute Gasteiger partial charge is 0.385 e. The molecule has 0 aliphatic carbocycles. The molecule has 2 aromatic rings. The number of hydrogen-bond acceptors (Lipinski definition) is 2. The maximum absolute atomic E-state index is 4.35. The number of pyridine rings is 1. The molecule has 1 heterocycles. The molecule has 0 saturated heterocycles. The lowest BCUT2D eigenvalue weighted by molar-refractivity contribution is 0.744. The van der Waals surface area contributed by atoms with Crippen LogP contribution in [0.5, 0.6) is 0 Å². The standard InChI is InChI=1S/C14H18N2/c1-2-3-4-9-15-13-8-7-12-6-5-10-16-14(12)11-13/h5-8,10-11,15H,2-4,9H2,1H3. The van der Waals surface area contributed by atoms with Crippen molar-refractivity contribution in [3.8, 4) is 0 Å². The van der Waals surface area contributed by atoms with E-state index >= 15 is 0 Å². The molecule has 0 unspecified atom stereocenters. The molecule has 1 N–H and O–H groups in total. The fourth-order valence-electron chi connectivity index (χ4n) is 1.78. The molecule has 0 aliphatic heterocycles. The highest BCUT2D eigenvalue weighted by atomic mass is 14.9. The Bertz CT molecular complexity index is 451. The summed E-state index contributed by atoms with van der Waals surface area (Å²) in [4.78, 5) is 4.35. The van der Waals surface area contributed by atoms with Crippen molar-refractivity contribution < 1.29 is 0 Å². The molecule has 0 bridgehead atoms. The van der Waals surface area contributed by atoms with Crippen molar-refractivity contribution in [2.45, 2.75) is 26.2 Å². The van der Waals surface area contributed by atoms with Crippen molar-refractivity contribution in [3.63, 3.8) is 0 Å². The number of aromatic nitrogens is 1. The summed E-state index contributed by atoms with van der Waals surface area (Å²) in [5, 5.41) is 4.63. The van der Waals surface area contributed by atoms with Gasteiger partial charge in [0.25, 0.3) is 0 Å². The van der Waals surface area contributed by atoms with Crippen LogP contribution in [0.4, 0.5) is 5.69 Å². The number of rotatable bonds is 5. The van der Waals surface area contributed by atoms with Crippen LogP contribution < -0.4 is 5.32 Å². The number of benzene rings is 1. The van der Waals surface area contributed by atoms with Gasteiger partial charge in [-0.2, -0.15) is 0 Å². The highest BCUT2D eigenvalue weighted by Gasteiger charge is 1.95. The van der Waals surface area contributed by atoms with Gasteiger partial charge < -0.3 is 5.32 Å². The van der Waals surface area contributed by atoms with Crippen molar-refractivity contribution in [1.29, 1.82) is 0 Å². The third kappa shape index (κ3) is 2.72. The molecule has 0 atom stereocenters. The summed E-state index contributed by atoms with van der Waals surface area (Å²) in [6.45, 7) is 3.27. The van der Waals surface area contributed by atoms with Crippen LogP contribution in [0.1, 0.15) is 26.2 Å². The second kappa shape index (κ2) is 5.50. The van der Waals surface area contributed by atoms with E-state index in [1.165, 1.54) is 30.3 Å². The molecule has 0 spiro atoms. The van der Waals surface area contributed by atoms with E-state index < -0.39 is 0 Å². The average Bonchev–Trinajstić information content (AvgIpc) is 2.34. The molecule has 16 heavy (non-hydrogen) atoms. The Morgan fingerprint density at radius 3 is 3.00 bits per heavy atom. The first-order valence-electron chi connectivity index (χ1n) is 5.99. The van der Waals surface area contributed by atoms with Gasteiger partial charge in [0.15, 0.2) is 0 Å². The van der Waals surface area contributed by atoms with E-state index in [4.69, 9.17) is 0 Å². The lowest BCUT2D eigenvalue weighted by atomic mass is 10.2. The van der Waals surface area contributed by atoms with Crippen LogP contribution in [0.25, 0.3) is 10.9 Å². The minimum absolute atomic E-state index is 1.05. The van der Waals surface area contributed by atoms with Crippen LogP contribution in [0.15, 0.2) is 36.5 Å². The predicted octanol–water partition coefficient (Wildman–Crippen LogP) is 3.84. The van der Waals surface area contributed by atoms with Gasteiger partial charge in [-0.05, 0) is 24.6 Å². The van der Waals surface area contributed by atoms with E-state index in [2.05, 4.69) is 41.5 Å². The van der Waals surface area contributed by atoms with Gasteiger partial charge in [0.2, 0.25) is 0 Å². The zero-order valence-electron chi connectivity index (χ0n) is 9.74. The Balaban J connectivity index is 2.02. The highest BCUT2D eigenvalue weighted by molar-refractivity contribution is 5.81. The smallest absolute Gasteiger partial charge is 0.0722 e. The van der Waals surface area contributed by atoms with E-state index in [0.717, 1.165) is 12.1 Å². The molecule has 1 aromatic heterocycles. The first kappa shape index (κ1) is 10.9. The van der Waals surface area contributed by atoms with Crippen molar-refractivity contribution in [3.05, 3.63) is 36.5 Å². The van der Waals surface area contributed by atoms with Crippen LogP contribution in [-0.4, -0.2) is 11.5 Å². The Hall–Kier alpha value is -1.57. The van der Waals surface area contributed by atoms with Gasteiger partial charge in [-0.25, -0.2) is 0 Å². The van der Waals surface area contributed by atoms with E-state index in [1.807, 2.05) is 12.3 Å². The minimum Gasteiger partial charge on any atom is -0.385 e. The van der Waals surface area contributed by atoms with Crippen molar-refractivity contribution in [1.82, 2.24) is 4.98 Å². The van der Waals surface area contributed by atoms with Gasteiger partial charge in [0.05, 0.1) is 5.52 Å². The molecule has 2 heteroatoms. The van der Waals surface area contributed by atoms with Gasteiger partial charge >= 0.3 is 0 Å². The van der Waals surface area contributed by atoms with E-state index in [0.29, 0.717) is 0 Å². The van der Waals surface area contributed by atoms with Crippen LogP contribution in [0, 0.1) is 0 Å². The lowest BCUT2D eigenvalue weighted by Gasteiger charge is -2.06. The maximum atomic E-state index is 4.35. The van der Waals surface area contributed by atoms with Crippen molar-refractivity contribution in [2.24, 2.45) is 0 Å². The van der Waals surface area contributed by atoms with Crippen molar-refractivity contribution >= 4 is 16.6 Å². The molecule has 0 aliphatic rings. The summed E-state index contributed by atoms with van der Waals surface area (Å²) in [6, 6.07) is 10.4. The molecule has 0 fully saturated rings. The van der Waals surface area contributed by atoms with Gasteiger partial charge in [-0.3, -0.25) is 4.98 Å². The molecule has 2 nitrogen and oxygen atoms in total. The summed E-state index contributed by atoms with van der Waals surface area (Å²) in [5.41, 5.74) is 2.23. The first-order chi connectivity index (χ1) is 7.90. The van der Waals surface area contributed by atoms with E-state index in [-0.39, 0.29) is 0 Å². The molecule has 1 aromatic carbocycles. The molecule has 0 amide bonds. The van der Waals surface area contributed by atoms with Crippen molar-refractivity contribution in [2.75, 3.05) is 11.9 Å². The molecule has 0 saturated carbocycles. The third-order valence-corrected chi connectivity index (χ3v) is 2.72. The first-order valence-corrected chi connectivity index (χ1v) is 5.99. The Labute approximate surface area is 96.7 Å². The van der Waals surface area contributed by atoms with Gasteiger partial charge in [-0.15, -0.1) is 0 Å². The van der Waals surface area contributed by atoms with Crippen LogP contribution in [0.3, 0.4) is 0 Å². The average molecular weight is 214 g/mol. The Morgan fingerprint density at radius 1 is 1.19 bits per heavy atom. The number of nitrogens with one attached hydrogen (secondary N) is 1. The quantitative estimate of drug-likeness (QED) is 0.765. The number of hydrogen-bond donors (Lipinski definition) is 1. The maximum Gasteiger partial charge on any atom is 0.0722 e. The lowest BCUT2D eigenvalue weighted by Crippen LogP contribution is -2.00. The fraction of sp³-hybridized carbons (Fsp3) is 0.357. The Morgan fingerprint density at radius 2 is 2.12 bits per heavy atom. The van der Waals surface area contributed by atoms with E-state index in [9.17, 15) is 0 Å². The zero-order chi connectivity index (χ0) is 11.2. The third-order valence-electron chi connectivity index (χ3n) is 2.72. The SMILES string of the molecule is CCCCCNc1ccc2cccnc2c1. The summed E-state index contributed by atoms with van der Waals surface area (Å²) in [6.07, 6.45) is 5.62. The summed E-state index contributed by atoms with van der Waals surface area (Å²) in [7, 11) is 0. The molecule has 84 valence electrons. The van der Waals surface area contributed by atoms with Gasteiger partial charge in [-0.1, -0.05) is 31.9 Å². The number of anilines is 1. The predicted molar refractivity (Wildman–Crippen MR) is 69.8 cm³/mol. The van der Waals surface area contributed by atoms with Crippen LogP contribution >= 0.6 is 0 Å². The van der Waals surface area contributed by atoms with Crippen LogP contribution in [-0.2, 0) is 0 Å². The van der Waals surface area contributed by atoms with Crippen LogP contribution in [0.2, 0.25) is 0 Å². The minimum atomic E-state index is 1.05. The summed E-state index contributed by atoms with van der Waals surface area (Å²) >= 11 is 0. The summed E-state index contributed by atoms with van der Waals surface area (Å²) in [5.74, 6) is 0. The Kier molecular flexibility index (Phi) is 3.76. The summed E-state index contributed by atoms with van der Waals surface area (Å²) < 4.78 is 0. The second-order valence-corrected chi connectivity index (χ2v) is 4.04. The fourth-order valence-corrected chi connectivity index (χ4v) is 1.78. The number of fused-ring (bicyclic) bond motifs is 1. The van der Waals surface area contributed by atoms with E-state index in [1.54, 1.807) is 0 Å². The zero-order valence-corrected chi connectivity index (χ0v) is 9.74. The molecule has 2 rings (SSSR count). The second-order valence-electron chi connectivity index (χ2n) is 4.04. The molecular formula is C14H18N2. The van der Waals surface area contributed by atoms with Gasteiger partial charge in [0.1, 0.15) is 0 Å². The molecule has 0 radical (unpaired) electrons. The van der Waals surface area contributed by atoms with Gasteiger partial charge in [0, 0.05) is 23.8 Å². The monoisotopic (exact) mass is 214 g/mol. The molecular weight excluding hydrogens is 196 g/mol.